The van der Waals surface area contributed by atoms with E-state index in [2.05, 4.69) is 71.4 Å². The van der Waals surface area contributed by atoms with Crippen molar-refractivity contribution in [3.63, 3.8) is 0 Å². The topological polar surface area (TPSA) is 112 Å². The van der Waals surface area contributed by atoms with Gasteiger partial charge in [0.2, 0.25) is 5.95 Å². The highest BCUT2D eigenvalue weighted by Gasteiger charge is 2.28. The number of likely N-dealkylation sites (N-methyl/N-ethyl adjacent to an activating group) is 1. The van der Waals surface area contributed by atoms with Crippen molar-refractivity contribution in [3.05, 3.63) is 59.0 Å². The Morgan fingerprint density at radius 1 is 1.00 bits per heavy atom. The SMILES string of the molecule is CCc1cc(Nc2ncc(Cl)c(Nc3ccc4nccnc4c3C(C)=O)n2)c(OC)cc1N1CCC(N2CCN(C)CC2)CC1. The van der Waals surface area contributed by atoms with Crippen LogP contribution in [0.15, 0.2) is 42.9 Å². The van der Waals surface area contributed by atoms with E-state index in [-0.39, 0.29) is 5.78 Å². The van der Waals surface area contributed by atoms with E-state index in [1.807, 2.05) is 0 Å². The summed E-state index contributed by atoms with van der Waals surface area (Å²) in [5.41, 5.74) is 5.31. The Morgan fingerprint density at radius 3 is 2.47 bits per heavy atom. The second-order valence-corrected chi connectivity index (χ2v) is 12.1. The van der Waals surface area contributed by atoms with Crippen LogP contribution in [0.5, 0.6) is 5.75 Å². The van der Waals surface area contributed by atoms with E-state index in [0.29, 0.717) is 50.9 Å². The van der Waals surface area contributed by atoms with Crippen LogP contribution in [-0.4, -0.2) is 95.0 Å². The van der Waals surface area contributed by atoms with E-state index >= 15 is 0 Å². The molecule has 2 aromatic carbocycles. The lowest BCUT2D eigenvalue weighted by atomic mass is 9.99. The molecule has 11 nitrogen and oxygen atoms in total. The largest absolute Gasteiger partial charge is 0.494 e. The van der Waals surface area contributed by atoms with Crippen LogP contribution in [0.4, 0.5) is 28.8 Å². The molecule has 0 atom stereocenters. The summed E-state index contributed by atoms with van der Waals surface area (Å²) in [5, 5.41) is 6.87. The van der Waals surface area contributed by atoms with Crippen LogP contribution in [-0.2, 0) is 6.42 Å². The maximum Gasteiger partial charge on any atom is 0.229 e. The first kappa shape index (κ1) is 30.9. The van der Waals surface area contributed by atoms with E-state index < -0.39 is 0 Å². The van der Waals surface area contributed by atoms with Gasteiger partial charge in [-0.05, 0) is 57.0 Å². The average molecular weight is 630 g/mol. The molecule has 2 aromatic heterocycles. The molecule has 2 fully saturated rings. The maximum atomic E-state index is 12.6. The van der Waals surface area contributed by atoms with Crippen molar-refractivity contribution in [3.8, 4) is 5.75 Å². The van der Waals surface area contributed by atoms with Crippen molar-refractivity contribution < 1.29 is 9.53 Å². The lowest BCUT2D eigenvalue weighted by Crippen LogP contribution is -2.52. The summed E-state index contributed by atoms with van der Waals surface area (Å²) in [6.45, 7) is 10.4. The highest BCUT2D eigenvalue weighted by Crippen LogP contribution is 2.37. The Morgan fingerprint density at radius 2 is 1.76 bits per heavy atom. The number of anilines is 5. The fourth-order valence-electron chi connectivity index (χ4n) is 6.38. The molecule has 12 heteroatoms. The summed E-state index contributed by atoms with van der Waals surface area (Å²) in [6.07, 6.45) is 7.90. The molecular weight excluding hydrogens is 590 g/mol. The van der Waals surface area contributed by atoms with Gasteiger partial charge in [0.1, 0.15) is 16.3 Å². The standard InChI is InChI=1S/C33H40ClN9O2/c1-5-22-18-27(29(45-4)19-28(22)43-12-8-23(9-13-43)42-16-14-41(3)15-17-42)39-33-37-20-24(34)32(40-33)38-25-6-7-26-31(30(25)21(2)44)36-11-10-35-26/h6-7,10-11,18-20,23H,5,8-9,12-17H2,1-4H3,(H2,37,38,39,40). The van der Waals surface area contributed by atoms with Crippen molar-refractivity contribution in [2.45, 2.75) is 39.2 Å². The number of rotatable bonds is 9. The molecule has 6 rings (SSSR count). The molecule has 2 aliphatic rings. The average Bonchev–Trinajstić information content (AvgIpc) is 3.06. The second kappa shape index (κ2) is 13.5. The van der Waals surface area contributed by atoms with Gasteiger partial charge in [-0.2, -0.15) is 4.98 Å². The quantitative estimate of drug-likeness (QED) is 0.227. The first-order valence-corrected chi connectivity index (χ1v) is 15.9. The van der Waals surface area contributed by atoms with Crippen molar-refractivity contribution >= 4 is 57.2 Å². The number of ketones is 1. The minimum absolute atomic E-state index is 0.146. The van der Waals surface area contributed by atoms with Crippen LogP contribution >= 0.6 is 11.6 Å². The molecule has 0 aliphatic carbocycles. The number of fused-ring (bicyclic) bond motifs is 1. The molecule has 0 unspecified atom stereocenters. The smallest absolute Gasteiger partial charge is 0.229 e. The second-order valence-electron chi connectivity index (χ2n) is 11.7. The van der Waals surface area contributed by atoms with Crippen LogP contribution < -0.4 is 20.3 Å². The zero-order chi connectivity index (χ0) is 31.5. The summed E-state index contributed by atoms with van der Waals surface area (Å²) in [6, 6.07) is 8.49. The zero-order valence-corrected chi connectivity index (χ0v) is 27.1. The van der Waals surface area contributed by atoms with Gasteiger partial charge in [-0.25, -0.2) is 4.98 Å². The molecular formula is C33H40ClN9O2. The number of nitrogens with one attached hydrogen (secondary N) is 2. The molecule has 0 saturated carbocycles. The van der Waals surface area contributed by atoms with Crippen molar-refractivity contribution in [1.29, 1.82) is 0 Å². The third kappa shape index (κ3) is 6.66. The van der Waals surface area contributed by atoms with Gasteiger partial charge < -0.3 is 25.2 Å². The Labute approximate surface area is 269 Å². The number of carbonyl (C=O) groups excluding carboxylic acids is 1. The van der Waals surface area contributed by atoms with E-state index in [9.17, 15) is 4.79 Å². The van der Waals surface area contributed by atoms with Crippen molar-refractivity contribution in [2.75, 3.05) is 69.0 Å². The minimum atomic E-state index is -0.146. The number of hydrogen-bond donors (Lipinski definition) is 2. The number of methoxy groups -OCH3 is 1. The first-order chi connectivity index (χ1) is 21.8. The normalized spacial score (nSPS) is 16.6. The van der Waals surface area contributed by atoms with Gasteiger partial charge in [0.15, 0.2) is 11.6 Å². The molecule has 4 heterocycles. The predicted octanol–water partition coefficient (Wildman–Crippen LogP) is 5.55. The van der Waals surface area contributed by atoms with Gasteiger partial charge in [-0.1, -0.05) is 18.5 Å². The Bertz CT molecular complexity index is 1680. The van der Waals surface area contributed by atoms with Gasteiger partial charge in [0.25, 0.3) is 0 Å². The van der Waals surface area contributed by atoms with Crippen molar-refractivity contribution in [2.24, 2.45) is 0 Å². The minimum Gasteiger partial charge on any atom is -0.494 e. The molecule has 2 N–H and O–H groups in total. The van der Waals surface area contributed by atoms with Gasteiger partial charge in [-0.15, -0.1) is 0 Å². The molecule has 0 spiro atoms. The van der Waals surface area contributed by atoms with Crippen LogP contribution in [0.2, 0.25) is 5.02 Å². The zero-order valence-electron chi connectivity index (χ0n) is 26.3. The highest BCUT2D eigenvalue weighted by molar-refractivity contribution is 6.33. The molecule has 45 heavy (non-hydrogen) atoms. The highest BCUT2D eigenvalue weighted by atomic mass is 35.5. The molecule has 2 aliphatic heterocycles. The van der Waals surface area contributed by atoms with E-state index in [0.717, 1.165) is 51.4 Å². The Hall–Kier alpha value is -4.06. The van der Waals surface area contributed by atoms with Crippen LogP contribution in [0.25, 0.3) is 11.0 Å². The number of carbonyl (C=O) groups is 1. The molecule has 2 saturated heterocycles. The number of ether oxygens (including phenoxy) is 1. The van der Waals surface area contributed by atoms with Crippen molar-refractivity contribution in [1.82, 2.24) is 29.7 Å². The van der Waals surface area contributed by atoms with E-state index in [1.54, 1.807) is 31.6 Å². The Balaban J connectivity index is 1.21. The van der Waals surface area contributed by atoms with E-state index in [1.165, 1.54) is 37.2 Å². The number of piperidine rings is 1. The van der Waals surface area contributed by atoms with Gasteiger partial charge in [-0.3, -0.25) is 19.7 Å². The number of halogens is 1. The summed E-state index contributed by atoms with van der Waals surface area (Å²) >= 11 is 6.51. The molecule has 0 bridgehead atoms. The van der Waals surface area contributed by atoms with E-state index in [4.69, 9.17) is 16.3 Å². The number of piperazine rings is 1. The third-order valence-electron chi connectivity index (χ3n) is 8.88. The van der Waals surface area contributed by atoms with Gasteiger partial charge >= 0.3 is 0 Å². The molecule has 0 radical (unpaired) electrons. The lowest BCUT2D eigenvalue weighted by molar-refractivity contribution is 0.0982. The molecule has 0 amide bonds. The summed E-state index contributed by atoms with van der Waals surface area (Å²) in [4.78, 5) is 38.0. The number of benzene rings is 2. The summed E-state index contributed by atoms with van der Waals surface area (Å²) in [5.74, 6) is 1.26. The predicted molar refractivity (Wildman–Crippen MR) is 180 cm³/mol. The maximum absolute atomic E-state index is 12.6. The summed E-state index contributed by atoms with van der Waals surface area (Å²) < 4.78 is 5.86. The number of aromatic nitrogens is 4. The number of nitrogens with zero attached hydrogens (tertiary/aromatic N) is 7. The monoisotopic (exact) mass is 629 g/mol. The summed E-state index contributed by atoms with van der Waals surface area (Å²) in [7, 11) is 3.89. The number of aryl methyl sites for hydroxylation is 1. The van der Waals surface area contributed by atoms with Crippen LogP contribution in [0.3, 0.4) is 0 Å². The van der Waals surface area contributed by atoms with Crippen LogP contribution in [0, 0.1) is 0 Å². The Kier molecular flexibility index (Phi) is 9.29. The first-order valence-electron chi connectivity index (χ1n) is 15.5. The van der Waals surface area contributed by atoms with Gasteiger partial charge in [0, 0.05) is 69.5 Å². The molecule has 4 aromatic rings. The number of Topliss-reactive ketones (excluding diaryl/α,β-unsaturated/α-hetero) is 1. The molecule has 236 valence electrons. The lowest BCUT2D eigenvalue weighted by Gasteiger charge is -2.43. The van der Waals surface area contributed by atoms with Crippen LogP contribution in [0.1, 0.15) is 42.6 Å². The van der Waals surface area contributed by atoms with Gasteiger partial charge in [0.05, 0.1) is 35.8 Å². The number of hydrogen-bond acceptors (Lipinski definition) is 11. The third-order valence-corrected chi connectivity index (χ3v) is 9.15. The fourth-order valence-corrected chi connectivity index (χ4v) is 6.52. The fraction of sp³-hybridized carbons (Fsp3) is 0.424.